The van der Waals surface area contributed by atoms with E-state index in [9.17, 15) is 0 Å². The Bertz CT molecular complexity index is 707. The number of hydrogen-bond acceptors (Lipinski definition) is 4. The first-order valence-electron chi connectivity index (χ1n) is 10.3. The quantitative estimate of drug-likeness (QED) is 0.317. The Morgan fingerprint density at radius 2 is 2.00 bits per heavy atom. The molecule has 0 atom stereocenters. The number of ether oxygens (including phenoxy) is 1. The number of nitrogens with one attached hydrogen (secondary N) is 2. The van der Waals surface area contributed by atoms with Gasteiger partial charge in [-0.05, 0) is 24.0 Å². The summed E-state index contributed by atoms with van der Waals surface area (Å²) >= 11 is 0. The number of rotatable bonds is 8. The normalized spacial score (nSPS) is 16.0. The Balaban J connectivity index is 1.37. The average Bonchev–Trinajstić information content (AvgIpc) is 3.08. The van der Waals surface area contributed by atoms with Crippen LogP contribution < -0.4 is 10.6 Å². The number of nitrogens with zero attached hydrogens (tertiary/aromatic N) is 4. The first-order chi connectivity index (χ1) is 13.8. The minimum absolute atomic E-state index is 0.437. The molecule has 0 saturated heterocycles. The zero-order valence-corrected chi connectivity index (χ0v) is 16.8. The topological polar surface area (TPSA) is 76.4 Å². The molecule has 1 aromatic heterocycles. The maximum Gasteiger partial charge on any atom is 0.191 e. The molecule has 0 aliphatic heterocycles. The van der Waals surface area contributed by atoms with Gasteiger partial charge in [0.05, 0.1) is 19.3 Å². The number of aromatic nitrogens is 3. The van der Waals surface area contributed by atoms with E-state index in [1.807, 2.05) is 4.68 Å². The van der Waals surface area contributed by atoms with Gasteiger partial charge in [-0.25, -0.2) is 9.67 Å². The number of hydrogen-bond donors (Lipinski definition) is 2. The van der Waals surface area contributed by atoms with Crippen LogP contribution in [-0.2, 0) is 17.8 Å². The van der Waals surface area contributed by atoms with E-state index in [0.717, 1.165) is 25.7 Å². The zero-order valence-electron chi connectivity index (χ0n) is 16.8. The molecular weight excluding hydrogens is 352 g/mol. The molecule has 2 N–H and O–H groups in total. The fraction of sp³-hybridized carbons (Fsp3) is 0.571. The highest BCUT2D eigenvalue weighted by Gasteiger charge is 2.12. The molecule has 1 aromatic carbocycles. The number of guanidine groups is 1. The van der Waals surface area contributed by atoms with Crippen molar-refractivity contribution >= 4 is 5.96 Å². The summed E-state index contributed by atoms with van der Waals surface area (Å²) in [4.78, 5) is 8.29. The van der Waals surface area contributed by atoms with Crippen molar-refractivity contribution in [1.82, 2.24) is 25.4 Å². The van der Waals surface area contributed by atoms with Crippen LogP contribution >= 0.6 is 0 Å². The molecule has 0 unspecified atom stereocenters. The lowest BCUT2D eigenvalue weighted by atomic mass is 10.1. The average molecular weight is 385 g/mol. The van der Waals surface area contributed by atoms with E-state index in [-0.39, 0.29) is 0 Å². The van der Waals surface area contributed by atoms with Crippen LogP contribution in [0.2, 0.25) is 0 Å². The summed E-state index contributed by atoms with van der Waals surface area (Å²) < 4.78 is 7.85. The highest BCUT2D eigenvalue weighted by Crippen LogP contribution is 2.19. The van der Waals surface area contributed by atoms with E-state index in [0.29, 0.717) is 12.6 Å². The first-order valence-corrected chi connectivity index (χ1v) is 10.3. The maximum atomic E-state index is 6.03. The molecule has 1 fully saturated rings. The van der Waals surface area contributed by atoms with Crippen molar-refractivity contribution in [2.24, 2.45) is 4.99 Å². The van der Waals surface area contributed by atoms with Gasteiger partial charge >= 0.3 is 0 Å². The zero-order chi connectivity index (χ0) is 19.4. The van der Waals surface area contributed by atoms with E-state index in [2.05, 4.69) is 50.0 Å². The molecule has 1 aliphatic carbocycles. The van der Waals surface area contributed by atoms with Crippen LogP contribution in [0.5, 0.6) is 0 Å². The van der Waals surface area contributed by atoms with Gasteiger partial charge < -0.3 is 15.4 Å². The highest BCUT2D eigenvalue weighted by molar-refractivity contribution is 5.79. The molecule has 0 spiro atoms. The van der Waals surface area contributed by atoms with Gasteiger partial charge in [0.25, 0.3) is 0 Å². The van der Waals surface area contributed by atoms with Gasteiger partial charge in [-0.1, -0.05) is 49.9 Å². The molecule has 0 radical (unpaired) electrons. The molecule has 0 amide bonds. The van der Waals surface area contributed by atoms with Crippen LogP contribution in [0, 0.1) is 0 Å². The minimum atomic E-state index is 0.437. The van der Waals surface area contributed by atoms with E-state index in [1.165, 1.54) is 49.7 Å². The molecule has 7 nitrogen and oxygen atoms in total. The Hall–Kier alpha value is -2.41. The maximum absolute atomic E-state index is 6.03. The highest BCUT2D eigenvalue weighted by atomic mass is 16.5. The first kappa shape index (κ1) is 20.3. The van der Waals surface area contributed by atoms with Crippen molar-refractivity contribution in [2.45, 2.75) is 57.7 Å². The Morgan fingerprint density at radius 3 is 2.75 bits per heavy atom. The number of aliphatic imine (C=N–C) groups is 1. The third-order valence-electron chi connectivity index (χ3n) is 5.04. The summed E-state index contributed by atoms with van der Waals surface area (Å²) in [6.45, 7) is 2.93. The lowest BCUT2D eigenvalue weighted by molar-refractivity contribution is 0.0468. The van der Waals surface area contributed by atoms with E-state index < -0.39 is 0 Å². The Labute approximate surface area is 167 Å². The van der Waals surface area contributed by atoms with Gasteiger partial charge in [-0.2, -0.15) is 5.10 Å². The molecule has 1 aliphatic rings. The summed E-state index contributed by atoms with van der Waals surface area (Å²) in [6.07, 6.45) is 11.5. The molecule has 1 heterocycles. The van der Waals surface area contributed by atoms with Crippen LogP contribution in [0.1, 0.15) is 49.7 Å². The van der Waals surface area contributed by atoms with E-state index >= 15 is 0 Å². The Morgan fingerprint density at radius 1 is 1.18 bits per heavy atom. The molecule has 2 aromatic rings. The van der Waals surface area contributed by atoms with Crippen LogP contribution in [-0.4, -0.2) is 47.0 Å². The lowest BCUT2D eigenvalue weighted by Gasteiger charge is -2.17. The van der Waals surface area contributed by atoms with Crippen molar-refractivity contribution in [1.29, 1.82) is 0 Å². The van der Waals surface area contributed by atoms with Crippen LogP contribution in [0.15, 0.2) is 41.9 Å². The monoisotopic (exact) mass is 384 g/mol. The van der Waals surface area contributed by atoms with E-state index in [1.54, 1.807) is 19.7 Å². The summed E-state index contributed by atoms with van der Waals surface area (Å²) in [5.41, 5.74) is 2.40. The molecule has 7 heteroatoms. The standard InChI is InChI=1S/C21H32N6O/c1-22-21(24-11-12-28-20-9-4-2-3-5-10-20)25-14-18-7-6-8-19(13-18)15-27-17-23-16-26-27/h6-8,13,16-17,20H,2-5,9-12,14-15H2,1H3,(H2,22,24,25). The van der Waals surface area contributed by atoms with Crippen LogP contribution in [0.3, 0.4) is 0 Å². The molecule has 1 saturated carbocycles. The summed E-state index contributed by atoms with van der Waals surface area (Å²) in [6, 6.07) is 8.46. The largest absolute Gasteiger partial charge is 0.376 e. The molecule has 3 rings (SSSR count). The molecule has 28 heavy (non-hydrogen) atoms. The van der Waals surface area contributed by atoms with Gasteiger partial charge in [0.15, 0.2) is 5.96 Å². The van der Waals surface area contributed by atoms with Crippen molar-refractivity contribution in [2.75, 3.05) is 20.2 Å². The summed E-state index contributed by atoms with van der Waals surface area (Å²) in [5, 5.41) is 10.9. The second kappa shape index (κ2) is 11.4. The number of benzene rings is 1. The SMILES string of the molecule is CN=C(NCCOC1CCCCCC1)NCc1cccc(Cn2cncn2)c1. The van der Waals surface area contributed by atoms with Crippen molar-refractivity contribution in [3.8, 4) is 0 Å². The third kappa shape index (κ3) is 6.96. The van der Waals surface area contributed by atoms with Crippen molar-refractivity contribution < 1.29 is 4.74 Å². The molecular formula is C21H32N6O. The second-order valence-electron chi connectivity index (χ2n) is 7.25. The third-order valence-corrected chi connectivity index (χ3v) is 5.04. The van der Waals surface area contributed by atoms with Gasteiger partial charge in [0.2, 0.25) is 0 Å². The van der Waals surface area contributed by atoms with E-state index in [4.69, 9.17) is 4.74 Å². The van der Waals surface area contributed by atoms with Gasteiger partial charge in [-0.15, -0.1) is 0 Å². The second-order valence-corrected chi connectivity index (χ2v) is 7.25. The lowest BCUT2D eigenvalue weighted by Crippen LogP contribution is -2.38. The van der Waals surface area contributed by atoms with Gasteiger partial charge in [0.1, 0.15) is 12.7 Å². The van der Waals surface area contributed by atoms with Crippen molar-refractivity contribution in [3.05, 3.63) is 48.0 Å². The minimum Gasteiger partial charge on any atom is -0.376 e. The molecule has 0 bridgehead atoms. The summed E-state index contributed by atoms with van der Waals surface area (Å²) in [7, 11) is 1.79. The fourth-order valence-electron chi connectivity index (χ4n) is 3.55. The molecule has 152 valence electrons. The smallest absolute Gasteiger partial charge is 0.191 e. The van der Waals surface area contributed by atoms with Gasteiger partial charge in [-0.3, -0.25) is 4.99 Å². The predicted molar refractivity (Wildman–Crippen MR) is 111 cm³/mol. The predicted octanol–water partition coefficient (Wildman–Crippen LogP) is 2.73. The summed E-state index contributed by atoms with van der Waals surface area (Å²) in [5.74, 6) is 0.797. The van der Waals surface area contributed by atoms with Gasteiger partial charge in [0, 0.05) is 20.1 Å². The van der Waals surface area contributed by atoms with Crippen molar-refractivity contribution in [3.63, 3.8) is 0 Å². The van der Waals surface area contributed by atoms with Crippen LogP contribution in [0.25, 0.3) is 0 Å². The van der Waals surface area contributed by atoms with Crippen LogP contribution in [0.4, 0.5) is 0 Å². The Kier molecular flexibility index (Phi) is 8.30. The fourth-order valence-corrected chi connectivity index (χ4v) is 3.55.